The van der Waals surface area contributed by atoms with E-state index in [1.807, 2.05) is 36.7 Å². The Bertz CT molecular complexity index is 289. The van der Waals surface area contributed by atoms with Gasteiger partial charge in [0.25, 0.3) is 0 Å². The Balaban J connectivity index is 2.23. The lowest BCUT2D eigenvalue weighted by molar-refractivity contribution is 0.901. The van der Waals surface area contributed by atoms with Crippen LogP contribution in [0, 0.1) is 0 Å². The van der Waals surface area contributed by atoms with E-state index >= 15 is 0 Å². The Hall–Kier alpha value is -1.64. The maximum atomic E-state index is 5.57. The number of benzene rings is 1. The Kier molecular flexibility index (Phi) is 1.63. The minimum Gasteiger partial charge on any atom is -0.399 e. The highest BCUT2D eigenvalue weighted by Gasteiger charge is 2.04. The smallest absolute Gasteiger partial charge is 0.0916 e. The first-order chi connectivity index (χ1) is 5.86. The number of rotatable bonds is 1. The van der Waals surface area contributed by atoms with Crippen LogP contribution in [0.3, 0.4) is 0 Å². The Morgan fingerprint density at radius 3 is 2.58 bits per heavy atom. The number of nitrogens with two attached hydrogens (primary N) is 1. The molecule has 0 radical (unpaired) electrons. The van der Waals surface area contributed by atoms with Crippen molar-refractivity contribution in [2.45, 2.75) is 0 Å². The maximum Gasteiger partial charge on any atom is 0.0916 e. The van der Waals surface area contributed by atoms with E-state index in [4.69, 9.17) is 5.73 Å². The molecule has 0 atom stereocenters. The molecule has 12 heavy (non-hydrogen) atoms. The number of hydrogen-bond acceptors (Lipinski definition) is 3. The van der Waals surface area contributed by atoms with Gasteiger partial charge in [0.2, 0.25) is 0 Å². The lowest BCUT2D eigenvalue weighted by atomic mass is 10.3. The van der Waals surface area contributed by atoms with E-state index in [0.29, 0.717) is 0 Å². The van der Waals surface area contributed by atoms with Crippen LogP contribution in [-0.4, -0.2) is 6.67 Å². The molecule has 3 nitrogen and oxygen atoms in total. The van der Waals surface area contributed by atoms with Crippen LogP contribution in [0.1, 0.15) is 0 Å². The highest BCUT2D eigenvalue weighted by molar-refractivity contribution is 5.55. The van der Waals surface area contributed by atoms with Gasteiger partial charge in [-0.05, 0) is 24.3 Å². The molecule has 0 spiro atoms. The summed E-state index contributed by atoms with van der Waals surface area (Å²) >= 11 is 0. The molecule has 3 N–H and O–H groups in total. The van der Waals surface area contributed by atoms with Crippen LogP contribution in [0.25, 0.3) is 0 Å². The van der Waals surface area contributed by atoms with E-state index in [0.717, 1.165) is 18.0 Å². The number of hydrogen-bond donors (Lipinski definition) is 2. The van der Waals surface area contributed by atoms with Gasteiger partial charge < -0.3 is 16.0 Å². The summed E-state index contributed by atoms with van der Waals surface area (Å²) in [5.41, 5.74) is 7.53. The van der Waals surface area contributed by atoms with E-state index in [-0.39, 0.29) is 0 Å². The molecule has 62 valence electrons. The lowest BCUT2D eigenvalue weighted by Crippen LogP contribution is -2.19. The van der Waals surface area contributed by atoms with Gasteiger partial charge >= 0.3 is 0 Å². The average molecular weight is 161 g/mol. The van der Waals surface area contributed by atoms with Crippen LogP contribution in [0.5, 0.6) is 0 Å². The number of anilines is 2. The van der Waals surface area contributed by atoms with E-state index in [1.54, 1.807) is 0 Å². The van der Waals surface area contributed by atoms with Gasteiger partial charge in [0.1, 0.15) is 0 Å². The van der Waals surface area contributed by atoms with Crippen LogP contribution in [0.4, 0.5) is 11.4 Å². The third kappa shape index (κ3) is 1.21. The van der Waals surface area contributed by atoms with Crippen molar-refractivity contribution in [2.24, 2.45) is 0 Å². The Labute approximate surface area is 71.5 Å². The molecule has 0 amide bonds. The van der Waals surface area contributed by atoms with Gasteiger partial charge in [0, 0.05) is 23.8 Å². The van der Waals surface area contributed by atoms with E-state index in [1.165, 1.54) is 0 Å². The molecule has 0 bridgehead atoms. The SMILES string of the molecule is Nc1ccc(N2C=CNC2)cc1. The molecule has 3 heteroatoms. The average Bonchev–Trinajstić information content (AvgIpc) is 2.58. The molecule has 0 unspecified atom stereocenters. The summed E-state index contributed by atoms with van der Waals surface area (Å²) in [6.45, 7) is 0.837. The Morgan fingerprint density at radius 2 is 2.00 bits per heavy atom. The molecule has 1 aliphatic heterocycles. The van der Waals surface area contributed by atoms with Gasteiger partial charge in [-0.3, -0.25) is 0 Å². The quantitative estimate of drug-likeness (QED) is 0.606. The molecule has 1 heterocycles. The van der Waals surface area contributed by atoms with Crippen LogP contribution < -0.4 is 16.0 Å². The highest BCUT2D eigenvalue weighted by Crippen LogP contribution is 2.17. The first-order valence-corrected chi connectivity index (χ1v) is 3.88. The summed E-state index contributed by atoms with van der Waals surface area (Å²) in [7, 11) is 0. The molecule has 0 saturated heterocycles. The van der Waals surface area contributed by atoms with Crippen LogP contribution in [-0.2, 0) is 0 Å². The molecule has 0 aromatic heterocycles. The second-order valence-corrected chi connectivity index (χ2v) is 2.74. The van der Waals surface area contributed by atoms with E-state index in [9.17, 15) is 0 Å². The van der Waals surface area contributed by atoms with Gasteiger partial charge in [-0.2, -0.15) is 0 Å². The topological polar surface area (TPSA) is 41.3 Å². The van der Waals surface area contributed by atoms with Crippen molar-refractivity contribution >= 4 is 11.4 Å². The van der Waals surface area contributed by atoms with Crippen molar-refractivity contribution in [3.63, 3.8) is 0 Å². The third-order valence-electron chi connectivity index (χ3n) is 1.86. The van der Waals surface area contributed by atoms with E-state index < -0.39 is 0 Å². The van der Waals surface area contributed by atoms with Crippen LogP contribution in [0.15, 0.2) is 36.7 Å². The summed E-state index contributed by atoms with van der Waals surface area (Å²) in [4.78, 5) is 2.11. The molecule has 2 rings (SSSR count). The normalized spacial score (nSPS) is 14.8. The summed E-state index contributed by atoms with van der Waals surface area (Å²) in [6.07, 6.45) is 3.93. The molecular weight excluding hydrogens is 150 g/mol. The lowest BCUT2D eigenvalue weighted by Gasteiger charge is -2.14. The van der Waals surface area contributed by atoms with E-state index in [2.05, 4.69) is 10.2 Å². The predicted octanol–water partition coefficient (Wildman–Crippen LogP) is 1.11. The van der Waals surface area contributed by atoms with Crippen molar-refractivity contribution in [2.75, 3.05) is 17.3 Å². The fourth-order valence-electron chi connectivity index (χ4n) is 1.19. The minimum absolute atomic E-state index is 0.801. The van der Waals surface area contributed by atoms with Gasteiger partial charge in [-0.1, -0.05) is 0 Å². The van der Waals surface area contributed by atoms with Crippen molar-refractivity contribution in [1.82, 2.24) is 5.32 Å². The molecular formula is C9H11N3. The largest absolute Gasteiger partial charge is 0.399 e. The summed E-state index contributed by atoms with van der Waals surface area (Å²) in [6, 6.07) is 7.82. The van der Waals surface area contributed by atoms with Gasteiger partial charge in [0.15, 0.2) is 0 Å². The van der Waals surface area contributed by atoms with Gasteiger partial charge in [0.05, 0.1) is 6.67 Å². The summed E-state index contributed by atoms with van der Waals surface area (Å²) in [5, 5.41) is 3.10. The molecule has 1 aliphatic rings. The molecule has 0 aliphatic carbocycles. The number of nitrogen functional groups attached to an aromatic ring is 1. The zero-order chi connectivity index (χ0) is 8.39. The molecule has 0 fully saturated rings. The first-order valence-electron chi connectivity index (χ1n) is 3.88. The third-order valence-corrected chi connectivity index (χ3v) is 1.86. The molecule has 0 saturated carbocycles. The molecule has 1 aromatic carbocycles. The Morgan fingerprint density at radius 1 is 1.25 bits per heavy atom. The van der Waals surface area contributed by atoms with Crippen molar-refractivity contribution in [3.05, 3.63) is 36.7 Å². The van der Waals surface area contributed by atoms with Crippen molar-refractivity contribution in [3.8, 4) is 0 Å². The van der Waals surface area contributed by atoms with Gasteiger partial charge in [-0.25, -0.2) is 0 Å². The zero-order valence-corrected chi connectivity index (χ0v) is 6.70. The summed E-state index contributed by atoms with van der Waals surface area (Å²) < 4.78 is 0. The van der Waals surface area contributed by atoms with Crippen molar-refractivity contribution in [1.29, 1.82) is 0 Å². The first kappa shape index (κ1) is 7.03. The fraction of sp³-hybridized carbons (Fsp3) is 0.111. The standard InChI is InChI=1S/C9H11N3/c10-8-1-3-9(4-2-8)12-6-5-11-7-12/h1-6,11H,7,10H2. The van der Waals surface area contributed by atoms with Crippen LogP contribution >= 0.6 is 0 Å². The summed E-state index contributed by atoms with van der Waals surface area (Å²) in [5.74, 6) is 0. The monoisotopic (exact) mass is 161 g/mol. The predicted molar refractivity (Wildman–Crippen MR) is 50.5 cm³/mol. The number of nitrogens with zero attached hydrogens (tertiary/aromatic N) is 1. The van der Waals surface area contributed by atoms with Crippen LogP contribution in [0.2, 0.25) is 0 Å². The molecule has 1 aromatic rings. The fourth-order valence-corrected chi connectivity index (χ4v) is 1.19. The number of nitrogens with one attached hydrogen (secondary N) is 1. The second-order valence-electron chi connectivity index (χ2n) is 2.74. The maximum absolute atomic E-state index is 5.57. The minimum atomic E-state index is 0.801. The van der Waals surface area contributed by atoms with Crippen molar-refractivity contribution < 1.29 is 0 Å². The second kappa shape index (κ2) is 2.77. The highest BCUT2D eigenvalue weighted by atomic mass is 15.2. The van der Waals surface area contributed by atoms with Gasteiger partial charge in [-0.15, -0.1) is 0 Å². The zero-order valence-electron chi connectivity index (χ0n) is 6.70.